The lowest BCUT2D eigenvalue weighted by molar-refractivity contribution is -0.0961. The van der Waals surface area contributed by atoms with Gasteiger partial charge in [0, 0.05) is 11.1 Å². The van der Waals surface area contributed by atoms with Gasteiger partial charge in [-0.15, -0.1) is 12.4 Å². The molecule has 1 saturated heterocycles. The largest absolute Gasteiger partial charge is 0.485 e. The molecule has 1 aromatic carbocycles. The fourth-order valence-electron chi connectivity index (χ4n) is 3.51. The standard InChI is InChI=1S/C17H24N2O3.ClH/c1-17(2)15(20)14(19-8-4-3-5-9-19)12-10-11(16(18)21)6-7-13(12)22-17;/h6-7,10,14-15,20H,3-5,8-9H2,1-2H3,(H2,18,21);1H/t14?,15-;/m0./s1. The van der Waals surface area contributed by atoms with Crippen LogP contribution in [0.2, 0.25) is 0 Å². The summed E-state index contributed by atoms with van der Waals surface area (Å²) in [5, 5.41) is 10.8. The van der Waals surface area contributed by atoms with Crippen molar-refractivity contribution in [3.63, 3.8) is 0 Å². The van der Waals surface area contributed by atoms with E-state index >= 15 is 0 Å². The van der Waals surface area contributed by atoms with Crippen molar-refractivity contribution in [2.24, 2.45) is 5.73 Å². The highest BCUT2D eigenvalue weighted by Crippen LogP contribution is 2.43. The Balaban J connectivity index is 0.00000192. The molecule has 0 aliphatic carbocycles. The summed E-state index contributed by atoms with van der Waals surface area (Å²) in [7, 11) is 0. The Hall–Kier alpha value is -1.30. The normalized spacial score (nSPS) is 26.6. The van der Waals surface area contributed by atoms with Gasteiger partial charge in [-0.1, -0.05) is 6.42 Å². The maximum atomic E-state index is 11.5. The van der Waals surface area contributed by atoms with Gasteiger partial charge in [0.05, 0.1) is 6.04 Å². The zero-order valence-electron chi connectivity index (χ0n) is 13.6. The molecule has 1 aromatic rings. The average molecular weight is 341 g/mol. The van der Waals surface area contributed by atoms with Gasteiger partial charge in [-0.2, -0.15) is 0 Å². The maximum absolute atomic E-state index is 11.5. The number of nitrogens with two attached hydrogens (primary N) is 1. The van der Waals surface area contributed by atoms with Crippen LogP contribution in [0, 0.1) is 0 Å². The number of likely N-dealkylation sites (tertiary alicyclic amines) is 1. The Bertz CT molecular complexity index is 585. The number of rotatable bonds is 2. The van der Waals surface area contributed by atoms with Crippen molar-refractivity contribution in [1.29, 1.82) is 0 Å². The molecule has 6 heteroatoms. The summed E-state index contributed by atoms with van der Waals surface area (Å²) >= 11 is 0. The van der Waals surface area contributed by atoms with Crippen LogP contribution in [0.15, 0.2) is 18.2 Å². The van der Waals surface area contributed by atoms with E-state index in [-0.39, 0.29) is 18.4 Å². The third-order valence-electron chi connectivity index (χ3n) is 4.78. The van der Waals surface area contributed by atoms with Crippen LogP contribution in [-0.4, -0.2) is 40.7 Å². The molecule has 2 atom stereocenters. The molecule has 0 aromatic heterocycles. The van der Waals surface area contributed by atoms with Crippen molar-refractivity contribution in [2.45, 2.75) is 50.9 Å². The number of carbonyl (C=O) groups is 1. The van der Waals surface area contributed by atoms with E-state index in [0.717, 1.165) is 37.2 Å². The van der Waals surface area contributed by atoms with Crippen molar-refractivity contribution >= 4 is 18.3 Å². The molecule has 3 rings (SSSR count). The quantitative estimate of drug-likeness (QED) is 0.866. The van der Waals surface area contributed by atoms with Gasteiger partial charge in [0.2, 0.25) is 5.91 Å². The molecule has 23 heavy (non-hydrogen) atoms. The molecule has 0 saturated carbocycles. The molecule has 2 heterocycles. The molecule has 2 aliphatic heterocycles. The number of hydrogen-bond acceptors (Lipinski definition) is 4. The number of piperidine rings is 1. The van der Waals surface area contributed by atoms with Crippen LogP contribution in [0.1, 0.15) is 55.1 Å². The number of carbonyl (C=O) groups excluding carboxylic acids is 1. The topological polar surface area (TPSA) is 75.8 Å². The van der Waals surface area contributed by atoms with Crippen molar-refractivity contribution in [1.82, 2.24) is 4.90 Å². The molecule has 1 fully saturated rings. The SMILES string of the molecule is CC1(C)Oc2ccc(C(N)=O)cc2C(N2CCCCC2)[C@@H]1O.Cl. The first-order valence-electron chi connectivity index (χ1n) is 7.95. The predicted octanol–water partition coefficient (Wildman–Crippen LogP) is 2.27. The van der Waals surface area contributed by atoms with Gasteiger partial charge in [0.25, 0.3) is 0 Å². The Morgan fingerprint density at radius 3 is 2.57 bits per heavy atom. The van der Waals surface area contributed by atoms with Gasteiger partial charge < -0.3 is 15.6 Å². The third-order valence-corrected chi connectivity index (χ3v) is 4.78. The molecule has 1 amide bonds. The fourth-order valence-corrected chi connectivity index (χ4v) is 3.51. The van der Waals surface area contributed by atoms with Crippen LogP contribution >= 0.6 is 12.4 Å². The number of benzene rings is 1. The summed E-state index contributed by atoms with van der Waals surface area (Å²) in [6.45, 7) is 5.72. The van der Waals surface area contributed by atoms with Gasteiger partial charge in [0.15, 0.2) is 0 Å². The minimum absolute atomic E-state index is 0. The maximum Gasteiger partial charge on any atom is 0.248 e. The van der Waals surface area contributed by atoms with Gasteiger partial charge in [0.1, 0.15) is 17.5 Å². The van der Waals surface area contributed by atoms with Crippen LogP contribution < -0.4 is 10.5 Å². The first-order chi connectivity index (χ1) is 10.4. The lowest BCUT2D eigenvalue weighted by atomic mass is 9.84. The molecule has 128 valence electrons. The van der Waals surface area contributed by atoms with Crippen molar-refractivity contribution in [3.8, 4) is 5.75 Å². The number of aliphatic hydroxyl groups excluding tert-OH is 1. The first-order valence-corrected chi connectivity index (χ1v) is 7.95. The number of fused-ring (bicyclic) bond motifs is 1. The Morgan fingerprint density at radius 2 is 1.96 bits per heavy atom. The Morgan fingerprint density at radius 1 is 1.30 bits per heavy atom. The fraction of sp³-hybridized carbons (Fsp3) is 0.588. The molecule has 3 N–H and O–H groups in total. The minimum atomic E-state index is -0.663. The van der Waals surface area contributed by atoms with Crippen molar-refractivity contribution < 1.29 is 14.6 Å². The van der Waals surface area contributed by atoms with E-state index in [1.54, 1.807) is 18.2 Å². The number of amides is 1. The summed E-state index contributed by atoms with van der Waals surface area (Å²) in [4.78, 5) is 13.8. The third kappa shape index (κ3) is 3.32. The number of primary amides is 1. The van der Waals surface area contributed by atoms with Crippen LogP contribution in [0.5, 0.6) is 5.75 Å². The highest BCUT2D eigenvalue weighted by atomic mass is 35.5. The summed E-state index contributed by atoms with van der Waals surface area (Å²) < 4.78 is 5.96. The monoisotopic (exact) mass is 340 g/mol. The molecule has 1 unspecified atom stereocenters. The minimum Gasteiger partial charge on any atom is -0.485 e. The second kappa shape index (κ2) is 6.67. The van der Waals surface area contributed by atoms with E-state index in [0.29, 0.717) is 5.56 Å². The van der Waals surface area contributed by atoms with Crippen molar-refractivity contribution in [2.75, 3.05) is 13.1 Å². The van der Waals surface area contributed by atoms with E-state index in [1.165, 1.54) is 6.42 Å². The number of ether oxygens (including phenoxy) is 1. The Kier molecular flexibility index (Phi) is 5.23. The highest BCUT2D eigenvalue weighted by Gasteiger charge is 2.45. The second-order valence-electron chi connectivity index (χ2n) is 6.81. The molecule has 0 radical (unpaired) electrons. The predicted molar refractivity (Wildman–Crippen MR) is 91.1 cm³/mol. The smallest absolute Gasteiger partial charge is 0.248 e. The summed E-state index contributed by atoms with van der Waals surface area (Å²) in [5.74, 6) is 0.274. The molecule has 0 bridgehead atoms. The molecule has 2 aliphatic rings. The summed E-state index contributed by atoms with van der Waals surface area (Å²) in [6.07, 6.45) is 2.85. The summed E-state index contributed by atoms with van der Waals surface area (Å²) in [5.41, 5.74) is 6.06. The van der Waals surface area contributed by atoms with Crippen molar-refractivity contribution in [3.05, 3.63) is 29.3 Å². The van der Waals surface area contributed by atoms with E-state index in [4.69, 9.17) is 10.5 Å². The zero-order chi connectivity index (χ0) is 15.9. The van der Waals surface area contributed by atoms with Crippen LogP contribution in [0.3, 0.4) is 0 Å². The highest BCUT2D eigenvalue weighted by molar-refractivity contribution is 5.93. The summed E-state index contributed by atoms with van der Waals surface area (Å²) in [6, 6.07) is 5.09. The van der Waals surface area contributed by atoms with E-state index in [9.17, 15) is 9.90 Å². The Labute approximate surface area is 143 Å². The number of nitrogens with zero attached hydrogens (tertiary/aromatic N) is 1. The number of aliphatic hydroxyl groups is 1. The van der Waals surface area contributed by atoms with Gasteiger partial charge in [-0.25, -0.2) is 0 Å². The second-order valence-corrected chi connectivity index (χ2v) is 6.81. The van der Waals surface area contributed by atoms with Gasteiger partial charge >= 0.3 is 0 Å². The van der Waals surface area contributed by atoms with E-state index < -0.39 is 17.6 Å². The van der Waals surface area contributed by atoms with Gasteiger partial charge in [-0.3, -0.25) is 9.69 Å². The molecule has 0 spiro atoms. The van der Waals surface area contributed by atoms with E-state index in [2.05, 4.69) is 4.90 Å². The van der Waals surface area contributed by atoms with Crippen LogP contribution in [0.4, 0.5) is 0 Å². The molecular formula is C17H25ClN2O3. The number of hydrogen-bond donors (Lipinski definition) is 2. The lowest BCUT2D eigenvalue weighted by Crippen LogP contribution is -2.54. The number of halogens is 1. The molecule has 5 nitrogen and oxygen atoms in total. The van der Waals surface area contributed by atoms with Crippen LogP contribution in [0.25, 0.3) is 0 Å². The van der Waals surface area contributed by atoms with Crippen LogP contribution in [-0.2, 0) is 0 Å². The lowest BCUT2D eigenvalue weighted by Gasteiger charge is -2.47. The zero-order valence-corrected chi connectivity index (χ0v) is 14.4. The first kappa shape index (κ1) is 18.0. The van der Waals surface area contributed by atoms with E-state index in [1.807, 2.05) is 13.8 Å². The molecular weight excluding hydrogens is 316 g/mol. The van der Waals surface area contributed by atoms with Gasteiger partial charge in [-0.05, 0) is 58.0 Å². The average Bonchev–Trinajstić information content (AvgIpc) is 2.48.